The van der Waals surface area contributed by atoms with E-state index < -0.39 is 40.6 Å². The van der Waals surface area contributed by atoms with Crippen molar-refractivity contribution >= 4 is 16.1 Å². The Morgan fingerprint density at radius 2 is 1.72 bits per heavy atom. The van der Waals surface area contributed by atoms with Crippen molar-refractivity contribution in [1.82, 2.24) is 0 Å². The zero-order chi connectivity index (χ0) is 21.0. The number of esters is 1. The van der Waals surface area contributed by atoms with Gasteiger partial charge in [0.15, 0.2) is 12.4 Å². The molecule has 0 aliphatic carbocycles. The van der Waals surface area contributed by atoms with Gasteiger partial charge in [-0.2, -0.15) is 8.42 Å². The largest absolute Gasteiger partial charge is 0.450 e. The maximum absolute atomic E-state index is 12.8. The van der Waals surface area contributed by atoms with Crippen LogP contribution < -0.4 is 5.73 Å². The van der Waals surface area contributed by atoms with Gasteiger partial charge in [-0.15, -0.1) is 0 Å². The Morgan fingerprint density at radius 1 is 1.07 bits per heavy atom. The number of ether oxygens (including phenoxy) is 3. The molecule has 2 aromatic rings. The molecule has 4 unspecified atom stereocenters. The van der Waals surface area contributed by atoms with Crippen molar-refractivity contribution in [2.75, 3.05) is 13.7 Å². The molecular formula is C20H23NO7S. The highest BCUT2D eigenvalue weighted by atomic mass is 32.2. The monoisotopic (exact) mass is 421 g/mol. The lowest BCUT2D eigenvalue weighted by Gasteiger charge is -2.39. The zero-order valence-electron chi connectivity index (χ0n) is 16.1. The fourth-order valence-corrected chi connectivity index (χ4v) is 4.04. The molecule has 29 heavy (non-hydrogen) atoms. The van der Waals surface area contributed by atoms with E-state index in [1.165, 1.54) is 19.2 Å². The Labute approximate surface area is 169 Å². The van der Waals surface area contributed by atoms with Crippen molar-refractivity contribution in [2.24, 2.45) is 5.73 Å². The van der Waals surface area contributed by atoms with Gasteiger partial charge in [-0.3, -0.25) is 4.18 Å². The van der Waals surface area contributed by atoms with Crippen LogP contribution in [0.4, 0.5) is 0 Å². The van der Waals surface area contributed by atoms with Gasteiger partial charge < -0.3 is 19.9 Å². The molecule has 0 aromatic heterocycles. The van der Waals surface area contributed by atoms with Gasteiger partial charge in [0, 0.05) is 7.11 Å². The number of rotatable bonds is 6. The minimum Gasteiger partial charge on any atom is -0.450 e. The number of hydrogen-bond acceptors (Lipinski definition) is 8. The number of carbonyl (C=O) groups is 1. The van der Waals surface area contributed by atoms with Gasteiger partial charge in [0.25, 0.3) is 10.1 Å². The number of methoxy groups -OCH3 is 1. The first-order valence-electron chi connectivity index (χ1n) is 8.98. The summed E-state index contributed by atoms with van der Waals surface area (Å²) < 4.78 is 47.1. The molecule has 0 bridgehead atoms. The number of hydrogen-bond donors (Lipinski definition) is 1. The normalized spacial score (nSPS) is 24.8. The molecule has 1 aliphatic rings. The molecule has 156 valence electrons. The van der Waals surface area contributed by atoms with Crippen molar-refractivity contribution in [3.8, 4) is 0 Å². The fourth-order valence-electron chi connectivity index (χ4n) is 2.92. The third-order valence-corrected chi connectivity index (χ3v) is 5.82. The van der Waals surface area contributed by atoms with E-state index >= 15 is 0 Å². The summed E-state index contributed by atoms with van der Waals surface area (Å²) in [7, 11) is -2.80. The molecule has 0 amide bonds. The van der Waals surface area contributed by atoms with Crippen molar-refractivity contribution in [3.63, 3.8) is 0 Å². The van der Waals surface area contributed by atoms with Crippen LogP contribution in [-0.2, 0) is 28.5 Å². The highest BCUT2D eigenvalue weighted by Gasteiger charge is 2.45. The minimum absolute atomic E-state index is 0.0218. The standard InChI is InChI=1S/C20H23NO7S/c1-13-8-10-15(11-9-13)29(23,24)28-17-16(21)12-26-20(25-2)18(17)27-19(22)14-6-4-3-5-7-14/h3-11,16-18,20H,12,21H2,1-2H3. The van der Waals surface area contributed by atoms with Crippen LogP contribution in [0.2, 0.25) is 0 Å². The lowest BCUT2D eigenvalue weighted by Crippen LogP contribution is -2.59. The molecule has 2 N–H and O–H groups in total. The van der Waals surface area contributed by atoms with E-state index in [1.807, 2.05) is 6.92 Å². The Bertz CT molecular complexity index is 931. The lowest BCUT2D eigenvalue weighted by atomic mass is 10.0. The Morgan fingerprint density at radius 3 is 2.34 bits per heavy atom. The van der Waals surface area contributed by atoms with Gasteiger partial charge in [0.2, 0.25) is 0 Å². The summed E-state index contributed by atoms with van der Waals surface area (Å²) >= 11 is 0. The Kier molecular flexibility index (Phi) is 6.66. The molecule has 0 spiro atoms. The quantitative estimate of drug-likeness (QED) is 0.553. The second-order valence-corrected chi connectivity index (χ2v) is 8.24. The summed E-state index contributed by atoms with van der Waals surface area (Å²) in [6, 6.07) is 13.6. The maximum atomic E-state index is 12.8. The van der Waals surface area contributed by atoms with Gasteiger partial charge in [-0.1, -0.05) is 35.9 Å². The molecule has 0 saturated carbocycles. The van der Waals surface area contributed by atoms with Gasteiger partial charge in [0.1, 0.15) is 6.10 Å². The molecular weight excluding hydrogens is 398 g/mol. The third kappa shape index (κ3) is 5.01. The van der Waals surface area contributed by atoms with Gasteiger partial charge in [-0.25, -0.2) is 4.79 Å². The summed E-state index contributed by atoms with van der Waals surface area (Å²) in [5.74, 6) is -0.670. The first kappa shape index (κ1) is 21.4. The SMILES string of the molecule is COC1OCC(N)C(OS(=O)(=O)c2ccc(C)cc2)C1OC(=O)c1ccccc1. The molecule has 9 heteroatoms. The Hall–Kier alpha value is -2.30. The van der Waals surface area contributed by atoms with Crippen molar-refractivity contribution in [2.45, 2.75) is 36.4 Å². The van der Waals surface area contributed by atoms with E-state index in [-0.39, 0.29) is 11.5 Å². The maximum Gasteiger partial charge on any atom is 0.338 e. The zero-order valence-corrected chi connectivity index (χ0v) is 16.9. The van der Waals surface area contributed by atoms with Crippen LogP contribution in [0, 0.1) is 6.92 Å². The number of benzene rings is 2. The van der Waals surface area contributed by atoms with Crippen LogP contribution in [0.15, 0.2) is 59.5 Å². The van der Waals surface area contributed by atoms with Gasteiger partial charge in [-0.05, 0) is 31.2 Å². The first-order valence-corrected chi connectivity index (χ1v) is 10.4. The van der Waals surface area contributed by atoms with Crippen LogP contribution in [0.5, 0.6) is 0 Å². The highest BCUT2D eigenvalue weighted by molar-refractivity contribution is 7.86. The van der Waals surface area contributed by atoms with Gasteiger partial charge in [0.05, 0.1) is 23.1 Å². The Balaban J connectivity index is 1.86. The second-order valence-electron chi connectivity index (χ2n) is 6.67. The summed E-state index contributed by atoms with van der Waals surface area (Å²) in [6.07, 6.45) is -3.40. The van der Waals surface area contributed by atoms with E-state index in [9.17, 15) is 13.2 Å². The van der Waals surface area contributed by atoms with Crippen LogP contribution in [0.1, 0.15) is 15.9 Å². The third-order valence-electron chi connectivity index (χ3n) is 4.50. The molecule has 0 radical (unpaired) electrons. The van der Waals surface area contributed by atoms with E-state index in [0.717, 1.165) is 5.56 Å². The van der Waals surface area contributed by atoms with Crippen LogP contribution >= 0.6 is 0 Å². The van der Waals surface area contributed by atoms with E-state index in [0.29, 0.717) is 5.56 Å². The highest BCUT2D eigenvalue weighted by Crippen LogP contribution is 2.26. The van der Waals surface area contributed by atoms with E-state index in [1.54, 1.807) is 42.5 Å². The molecule has 1 fully saturated rings. The van der Waals surface area contributed by atoms with Crippen LogP contribution in [0.3, 0.4) is 0 Å². The summed E-state index contributed by atoms with van der Waals surface area (Å²) in [5.41, 5.74) is 7.25. The first-order chi connectivity index (χ1) is 13.8. The van der Waals surface area contributed by atoms with Crippen molar-refractivity contribution in [1.29, 1.82) is 0 Å². The topological polar surface area (TPSA) is 114 Å². The predicted octanol–water partition coefficient (Wildman–Crippen LogP) is 1.62. The van der Waals surface area contributed by atoms with Crippen molar-refractivity contribution in [3.05, 3.63) is 65.7 Å². The lowest BCUT2D eigenvalue weighted by molar-refractivity contribution is -0.232. The number of aryl methyl sites for hydroxylation is 1. The van der Waals surface area contributed by atoms with Crippen molar-refractivity contribution < 1.29 is 31.6 Å². The smallest absolute Gasteiger partial charge is 0.338 e. The summed E-state index contributed by atoms with van der Waals surface area (Å²) in [4.78, 5) is 12.5. The van der Waals surface area contributed by atoms with E-state index in [4.69, 9.17) is 24.1 Å². The predicted molar refractivity (Wildman–Crippen MR) is 104 cm³/mol. The number of carbonyl (C=O) groups excluding carboxylic acids is 1. The summed E-state index contributed by atoms with van der Waals surface area (Å²) in [5, 5.41) is 0. The fraction of sp³-hybridized carbons (Fsp3) is 0.350. The van der Waals surface area contributed by atoms with E-state index in [2.05, 4.69) is 0 Å². The summed E-state index contributed by atoms with van der Waals surface area (Å²) in [6.45, 7) is 1.82. The van der Waals surface area contributed by atoms with Crippen LogP contribution in [0.25, 0.3) is 0 Å². The molecule has 3 rings (SSSR count). The molecule has 2 aromatic carbocycles. The molecule has 4 atom stereocenters. The average molecular weight is 421 g/mol. The molecule has 1 saturated heterocycles. The second kappa shape index (κ2) is 9.02. The van der Waals surface area contributed by atoms with Gasteiger partial charge >= 0.3 is 5.97 Å². The number of nitrogens with two attached hydrogens (primary N) is 1. The minimum atomic E-state index is -4.16. The average Bonchev–Trinajstić information content (AvgIpc) is 2.71. The molecule has 1 aliphatic heterocycles. The molecule has 1 heterocycles. The molecule has 8 nitrogen and oxygen atoms in total. The van der Waals surface area contributed by atoms with Crippen LogP contribution in [-0.4, -0.2) is 52.6 Å².